The number of ether oxygens (including phenoxy) is 1. The van der Waals surface area contributed by atoms with Crippen molar-refractivity contribution in [3.05, 3.63) is 52.6 Å². The third-order valence-corrected chi connectivity index (χ3v) is 7.19. The summed E-state index contributed by atoms with van der Waals surface area (Å²) in [4.78, 5) is 41.4. The van der Waals surface area contributed by atoms with E-state index in [2.05, 4.69) is 5.32 Å². The number of benzene rings is 1. The van der Waals surface area contributed by atoms with Crippen molar-refractivity contribution in [3.8, 4) is 5.75 Å². The molecule has 2 fully saturated rings. The molecule has 0 bridgehead atoms. The van der Waals surface area contributed by atoms with Crippen molar-refractivity contribution in [2.75, 3.05) is 32.6 Å². The number of carbonyl (C=O) groups is 2. The lowest BCUT2D eigenvalue weighted by Crippen LogP contribution is -2.40. The van der Waals surface area contributed by atoms with Crippen LogP contribution >= 0.6 is 0 Å². The Labute approximate surface area is 203 Å². The van der Waals surface area contributed by atoms with Gasteiger partial charge in [0.05, 0.1) is 24.2 Å². The molecule has 3 heterocycles. The average Bonchev–Trinajstić information content (AvgIpc) is 3.43. The highest BCUT2D eigenvalue weighted by Crippen LogP contribution is 2.34. The number of pyridine rings is 1. The highest BCUT2D eigenvalue weighted by atomic mass is 16.5. The van der Waals surface area contributed by atoms with Crippen molar-refractivity contribution in [2.45, 2.75) is 37.8 Å². The van der Waals surface area contributed by atoms with Crippen LogP contribution in [0.3, 0.4) is 0 Å². The first-order valence-corrected chi connectivity index (χ1v) is 11.9. The zero-order chi connectivity index (χ0) is 24.7. The molecule has 1 aliphatic carbocycles. The van der Waals surface area contributed by atoms with Crippen LogP contribution in [-0.2, 0) is 7.05 Å². The largest absolute Gasteiger partial charge is 0.496 e. The first-order valence-electron chi connectivity index (χ1n) is 11.9. The molecule has 2 aliphatic rings. The van der Waals surface area contributed by atoms with E-state index in [1.54, 1.807) is 42.4 Å². The van der Waals surface area contributed by atoms with Gasteiger partial charge in [0.25, 0.3) is 11.5 Å². The Morgan fingerprint density at radius 3 is 2.51 bits per heavy atom. The molecule has 0 spiro atoms. The second-order valence-corrected chi connectivity index (χ2v) is 9.37. The van der Waals surface area contributed by atoms with E-state index >= 15 is 0 Å². The normalized spacial score (nSPS) is 20.5. The molecule has 3 aromatic rings. The number of urea groups is 1. The van der Waals surface area contributed by atoms with Crippen molar-refractivity contribution < 1.29 is 14.3 Å². The number of carbonyl (C=O) groups excluding carboxylic acids is 2. The predicted octanol–water partition coefficient (Wildman–Crippen LogP) is 2.85. The Morgan fingerprint density at radius 2 is 1.83 bits per heavy atom. The summed E-state index contributed by atoms with van der Waals surface area (Å²) in [5.74, 6) is -0.0195. The molecule has 184 valence electrons. The minimum Gasteiger partial charge on any atom is -0.496 e. The van der Waals surface area contributed by atoms with Crippen molar-refractivity contribution in [1.29, 1.82) is 0 Å². The van der Waals surface area contributed by atoms with Gasteiger partial charge in [-0.1, -0.05) is 0 Å². The summed E-state index contributed by atoms with van der Waals surface area (Å²) >= 11 is 0. The van der Waals surface area contributed by atoms with Crippen molar-refractivity contribution in [1.82, 2.24) is 24.1 Å². The highest BCUT2D eigenvalue weighted by molar-refractivity contribution is 6.08. The van der Waals surface area contributed by atoms with Gasteiger partial charge in [-0.15, -0.1) is 0 Å². The van der Waals surface area contributed by atoms with Gasteiger partial charge in [-0.05, 0) is 43.9 Å². The molecule has 1 saturated heterocycles. The number of likely N-dealkylation sites (N-methyl/N-ethyl adjacent to an activating group) is 1. The van der Waals surface area contributed by atoms with Crippen LogP contribution in [0.25, 0.3) is 10.9 Å². The van der Waals surface area contributed by atoms with Gasteiger partial charge in [-0.3, -0.25) is 14.3 Å². The lowest BCUT2D eigenvalue weighted by molar-refractivity contribution is 0.102. The van der Waals surface area contributed by atoms with E-state index in [-0.39, 0.29) is 29.4 Å². The smallest absolute Gasteiger partial charge is 0.320 e. The molecule has 5 rings (SSSR count). The fraction of sp³-hybridized carbons (Fsp3) is 0.440. The zero-order valence-corrected chi connectivity index (χ0v) is 20.2. The number of nitrogens with one attached hydrogen (secondary N) is 1. The van der Waals surface area contributed by atoms with E-state index in [1.807, 2.05) is 22.8 Å². The summed E-state index contributed by atoms with van der Waals surface area (Å²) in [5, 5.41) is 8.30. The standard InChI is InChI=1S/C25H30N6O4/c1-28-10-4-5-20(24(28)33)26-23(32)19-13-16-15-31(27-21(16)14-22(19)35-3)18-8-6-17(7-9-18)30-12-11-29(2)25(30)34/h4-5,10,13-15,17-18H,6-9,11-12H2,1-3H3,(H,26,32)/t17-,18-. The molecule has 3 amide bonds. The first kappa shape index (κ1) is 22.9. The predicted molar refractivity (Wildman–Crippen MR) is 132 cm³/mol. The molecule has 35 heavy (non-hydrogen) atoms. The van der Waals surface area contributed by atoms with E-state index in [0.717, 1.165) is 49.7 Å². The second kappa shape index (κ2) is 9.09. The summed E-state index contributed by atoms with van der Waals surface area (Å²) in [5.41, 5.74) is 1.00. The number of hydrogen-bond acceptors (Lipinski definition) is 5. The maximum absolute atomic E-state index is 13.0. The summed E-state index contributed by atoms with van der Waals surface area (Å²) in [6.07, 6.45) is 7.37. The number of nitrogens with zero attached hydrogens (tertiary/aromatic N) is 5. The van der Waals surface area contributed by atoms with Crippen LogP contribution in [0, 0.1) is 0 Å². The summed E-state index contributed by atoms with van der Waals surface area (Å²) in [6.45, 7) is 1.59. The van der Waals surface area contributed by atoms with E-state index < -0.39 is 5.91 Å². The topological polar surface area (TPSA) is 102 Å². The summed E-state index contributed by atoms with van der Waals surface area (Å²) in [6, 6.07) is 7.45. The number of anilines is 1. The molecular formula is C25H30N6O4. The third-order valence-electron chi connectivity index (χ3n) is 7.19. The molecule has 1 aromatic carbocycles. The van der Waals surface area contributed by atoms with Crippen LogP contribution < -0.4 is 15.6 Å². The number of fused-ring (bicyclic) bond motifs is 1. The lowest BCUT2D eigenvalue weighted by Gasteiger charge is -2.34. The van der Waals surface area contributed by atoms with E-state index in [1.165, 1.54) is 11.7 Å². The monoisotopic (exact) mass is 478 g/mol. The second-order valence-electron chi connectivity index (χ2n) is 9.37. The van der Waals surface area contributed by atoms with E-state index in [9.17, 15) is 14.4 Å². The fourth-order valence-corrected chi connectivity index (χ4v) is 5.13. The van der Waals surface area contributed by atoms with Gasteiger partial charge < -0.3 is 24.4 Å². The summed E-state index contributed by atoms with van der Waals surface area (Å²) in [7, 11) is 4.99. The fourth-order valence-electron chi connectivity index (χ4n) is 5.13. The van der Waals surface area contributed by atoms with Gasteiger partial charge in [0, 0.05) is 57.1 Å². The Bertz CT molecular complexity index is 1340. The van der Waals surface area contributed by atoms with Gasteiger partial charge in [0.15, 0.2) is 0 Å². The van der Waals surface area contributed by atoms with Gasteiger partial charge in [-0.2, -0.15) is 5.10 Å². The van der Waals surface area contributed by atoms with Gasteiger partial charge >= 0.3 is 6.03 Å². The van der Waals surface area contributed by atoms with Crippen LogP contribution in [0.15, 0.2) is 41.5 Å². The number of aromatic nitrogens is 3. The Morgan fingerprint density at radius 1 is 1.09 bits per heavy atom. The lowest BCUT2D eigenvalue weighted by atomic mass is 9.90. The van der Waals surface area contributed by atoms with Crippen LogP contribution in [-0.4, -0.2) is 69.4 Å². The van der Waals surface area contributed by atoms with Gasteiger partial charge in [-0.25, -0.2) is 4.79 Å². The number of amides is 3. The van der Waals surface area contributed by atoms with Crippen molar-refractivity contribution in [3.63, 3.8) is 0 Å². The van der Waals surface area contributed by atoms with Crippen LogP contribution in [0.4, 0.5) is 10.5 Å². The summed E-state index contributed by atoms with van der Waals surface area (Å²) < 4.78 is 8.86. The van der Waals surface area contributed by atoms with Gasteiger partial charge in [0.1, 0.15) is 11.4 Å². The maximum Gasteiger partial charge on any atom is 0.320 e. The van der Waals surface area contributed by atoms with E-state index in [0.29, 0.717) is 11.3 Å². The van der Waals surface area contributed by atoms with E-state index in [4.69, 9.17) is 9.84 Å². The minimum absolute atomic E-state index is 0.129. The van der Waals surface area contributed by atoms with Crippen LogP contribution in [0.5, 0.6) is 5.75 Å². The molecule has 1 saturated carbocycles. The molecule has 1 aliphatic heterocycles. The minimum atomic E-state index is -0.416. The quantitative estimate of drug-likeness (QED) is 0.608. The molecule has 0 atom stereocenters. The molecular weight excluding hydrogens is 448 g/mol. The first-order chi connectivity index (χ1) is 16.9. The average molecular weight is 479 g/mol. The SMILES string of the molecule is COc1cc2nn([C@H]3CC[C@H](N4CCN(C)C4=O)CC3)cc2cc1C(=O)Nc1cccn(C)c1=O. The van der Waals surface area contributed by atoms with Gasteiger partial charge in [0.2, 0.25) is 0 Å². The zero-order valence-electron chi connectivity index (χ0n) is 20.2. The third kappa shape index (κ3) is 4.24. The highest BCUT2D eigenvalue weighted by Gasteiger charge is 2.34. The Kier molecular flexibility index (Phi) is 5.96. The van der Waals surface area contributed by atoms with Crippen LogP contribution in [0.2, 0.25) is 0 Å². The number of aryl methyl sites for hydroxylation is 1. The number of methoxy groups -OCH3 is 1. The van der Waals surface area contributed by atoms with Crippen molar-refractivity contribution in [2.24, 2.45) is 7.05 Å². The molecule has 1 N–H and O–H groups in total. The Hall–Kier alpha value is -3.82. The van der Waals surface area contributed by atoms with Crippen LogP contribution in [0.1, 0.15) is 42.1 Å². The Balaban J connectivity index is 1.34. The molecule has 0 unspecified atom stereocenters. The number of rotatable bonds is 5. The molecule has 2 aromatic heterocycles. The maximum atomic E-state index is 13.0. The number of hydrogen-bond donors (Lipinski definition) is 1. The molecule has 10 nitrogen and oxygen atoms in total. The molecule has 0 radical (unpaired) electrons. The molecule has 10 heteroatoms. The van der Waals surface area contributed by atoms with Crippen molar-refractivity contribution >= 4 is 28.5 Å².